The molecule has 0 amide bonds. The van der Waals surface area contributed by atoms with Crippen LogP contribution in [0.15, 0.2) is 52.9 Å². The normalized spacial score (nSPS) is 11.6. The fourth-order valence-corrected chi connectivity index (χ4v) is 3.18. The summed E-state index contributed by atoms with van der Waals surface area (Å²) in [6.45, 7) is 0.898. The molecule has 126 valence electrons. The van der Waals surface area contributed by atoms with E-state index in [0.29, 0.717) is 0 Å². The number of pyridine rings is 1. The van der Waals surface area contributed by atoms with Crippen LogP contribution in [0.2, 0.25) is 0 Å². The summed E-state index contributed by atoms with van der Waals surface area (Å²) in [6, 6.07) is 14.7. The Morgan fingerprint density at radius 3 is 2.64 bits per heavy atom. The lowest BCUT2D eigenvalue weighted by Gasteiger charge is -2.09. The van der Waals surface area contributed by atoms with Gasteiger partial charge in [0.25, 0.3) is 0 Å². The molecule has 0 radical (unpaired) electrons. The molecule has 0 bridgehead atoms. The number of hydrogen-bond acceptors (Lipinski definition) is 3. The molecule has 0 aliphatic rings. The molecule has 0 unspecified atom stereocenters. The summed E-state index contributed by atoms with van der Waals surface area (Å²) in [5.74, 6) is 0.933. The molecule has 0 N–H and O–H groups in total. The fraction of sp³-hybridized carbons (Fsp3) is 0.150. The minimum absolute atomic E-state index is 0.138. The molecule has 2 aromatic heterocycles. The van der Waals surface area contributed by atoms with Gasteiger partial charge in [0.1, 0.15) is 17.1 Å². The zero-order valence-corrected chi connectivity index (χ0v) is 13.7. The van der Waals surface area contributed by atoms with Crippen molar-refractivity contribution in [2.24, 2.45) is 0 Å². The Bertz CT molecular complexity index is 1090. The van der Waals surface area contributed by atoms with Crippen LogP contribution in [-0.2, 0) is 0 Å². The van der Waals surface area contributed by atoms with Gasteiger partial charge in [-0.2, -0.15) is 8.78 Å². The van der Waals surface area contributed by atoms with E-state index in [4.69, 9.17) is 9.40 Å². The third-order valence-corrected chi connectivity index (χ3v) is 4.21. The third kappa shape index (κ3) is 2.71. The number of para-hydroxylation sites is 1. The number of alkyl halides is 2. The van der Waals surface area contributed by atoms with E-state index in [1.807, 2.05) is 50.2 Å². The Labute approximate surface area is 142 Å². The first-order valence-electron chi connectivity index (χ1n) is 7.87. The van der Waals surface area contributed by atoms with Crippen LogP contribution in [0.1, 0.15) is 11.3 Å². The maximum atomic E-state index is 12.4. The van der Waals surface area contributed by atoms with Gasteiger partial charge in [-0.05, 0) is 43.7 Å². The molecule has 0 fully saturated rings. The van der Waals surface area contributed by atoms with Crippen LogP contribution in [0.25, 0.3) is 33.1 Å². The number of rotatable bonds is 3. The third-order valence-electron chi connectivity index (χ3n) is 4.21. The number of nitrogens with zero attached hydrogens (tertiary/aromatic N) is 1. The number of fused-ring (bicyclic) bond motifs is 2. The van der Waals surface area contributed by atoms with Crippen LogP contribution in [-0.4, -0.2) is 11.6 Å². The summed E-state index contributed by atoms with van der Waals surface area (Å²) in [6.07, 6.45) is 0. The van der Waals surface area contributed by atoms with Crippen molar-refractivity contribution in [1.82, 2.24) is 4.98 Å². The first kappa shape index (κ1) is 15.6. The van der Waals surface area contributed by atoms with Crippen molar-refractivity contribution in [1.29, 1.82) is 0 Å². The minimum Gasteiger partial charge on any atom is -0.461 e. The molecule has 3 nitrogen and oxygen atoms in total. The second-order valence-electron chi connectivity index (χ2n) is 5.92. The van der Waals surface area contributed by atoms with E-state index in [2.05, 4.69) is 4.74 Å². The van der Waals surface area contributed by atoms with Crippen LogP contribution >= 0.6 is 0 Å². The van der Waals surface area contributed by atoms with Gasteiger partial charge in [0.05, 0.1) is 11.2 Å². The molecule has 5 heteroatoms. The van der Waals surface area contributed by atoms with Gasteiger partial charge in [0, 0.05) is 16.3 Å². The predicted molar refractivity (Wildman–Crippen MR) is 93.1 cm³/mol. The van der Waals surface area contributed by atoms with Gasteiger partial charge in [-0.3, -0.25) is 0 Å². The van der Waals surface area contributed by atoms with Gasteiger partial charge >= 0.3 is 6.61 Å². The van der Waals surface area contributed by atoms with Crippen LogP contribution in [0.4, 0.5) is 8.78 Å². The van der Waals surface area contributed by atoms with Crippen molar-refractivity contribution in [3.05, 3.63) is 59.9 Å². The highest BCUT2D eigenvalue weighted by Crippen LogP contribution is 2.35. The van der Waals surface area contributed by atoms with Crippen LogP contribution < -0.4 is 4.74 Å². The van der Waals surface area contributed by atoms with E-state index in [9.17, 15) is 8.78 Å². The molecule has 0 saturated carbocycles. The van der Waals surface area contributed by atoms with Gasteiger partial charge in [0.2, 0.25) is 0 Å². The van der Waals surface area contributed by atoms with Crippen LogP contribution in [0, 0.1) is 13.8 Å². The van der Waals surface area contributed by atoms with Crippen molar-refractivity contribution in [2.45, 2.75) is 20.5 Å². The Morgan fingerprint density at radius 1 is 1.04 bits per heavy atom. The first-order valence-corrected chi connectivity index (χ1v) is 7.87. The van der Waals surface area contributed by atoms with Crippen LogP contribution in [0.3, 0.4) is 0 Å². The summed E-state index contributed by atoms with van der Waals surface area (Å²) in [4.78, 5) is 4.75. The number of benzene rings is 2. The maximum Gasteiger partial charge on any atom is 0.387 e. The van der Waals surface area contributed by atoms with E-state index in [0.717, 1.165) is 44.5 Å². The molecule has 2 heterocycles. The number of aromatic nitrogens is 1. The predicted octanol–water partition coefficient (Wildman–Crippen LogP) is 5.87. The Kier molecular flexibility index (Phi) is 3.64. The Balaban J connectivity index is 1.89. The molecule has 0 aliphatic heterocycles. The zero-order valence-electron chi connectivity index (χ0n) is 13.7. The van der Waals surface area contributed by atoms with Gasteiger partial charge in [-0.25, -0.2) is 4.98 Å². The number of hydrogen-bond donors (Lipinski definition) is 0. The van der Waals surface area contributed by atoms with Crippen molar-refractivity contribution in [2.75, 3.05) is 0 Å². The maximum absolute atomic E-state index is 12.4. The molecule has 0 spiro atoms. The summed E-state index contributed by atoms with van der Waals surface area (Å²) in [7, 11) is 0. The van der Waals surface area contributed by atoms with Crippen molar-refractivity contribution >= 4 is 21.9 Å². The molecular weight excluding hydrogens is 324 g/mol. The second kappa shape index (κ2) is 5.84. The lowest BCUT2D eigenvalue weighted by molar-refractivity contribution is -0.0497. The van der Waals surface area contributed by atoms with Crippen LogP contribution in [0.5, 0.6) is 5.75 Å². The molecular formula is C20H15F2NO2. The molecule has 0 atom stereocenters. The van der Waals surface area contributed by atoms with E-state index in [1.165, 1.54) is 0 Å². The van der Waals surface area contributed by atoms with Gasteiger partial charge in [0.15, 0.2) is 0 Å². The van der Waals surface area contributed by atoms with Crippen molar-refractivity contribution < 1.29 is 17.9 Å². The Morgan fingerprint density at radius 2 is 1.84 bits per heavy atom. The summed E-state index contributed by atoms with van der Waals surface area (Å²) >= 11 is 0. The zero-order chi connectivity index (χ0) is 17.6. The van der Waals surface area contributed by atoms with Gasteiger partial charge in [-0.15, -0.1) is 0 Å². The average Bonchev–Trinajstić information content (AvgIpc) is 2.90. The molecule has 4 aromatic rings. The average molecular weight is 339 g/mol. The number of furan rings is 1. The van der Waals surface area contributed by atoms with E-state index < -0.39 is 6.61 Å². The van der Waals surface area contributed by atoms with E-state index in [1.54, 1.807) is 12.1 Å². The summed E-state index contributed by atoms with van der Waals surface area (Å²) in [5.41, 5.74) is 4.09. The molecule has 4 rings (SSSR count). The quantitative estimate of drug-likeness (QED) is 0.468. The number of aryl methyl sites for hydroxylation is 2. The first-order chi connectivity index (χ1) is 12.0. The number of ether oxygens (including phenoxy) is 1. The highest BCUT2D eigenvalue weighted by atomic mass is 19.3. The van der Waals surface area contributed by atoms with Gasteiger partial charge in [-0.1, -0.05) is 24.3 Å². The molecule has 25 heavy (non-hydrogen) atoms. The monoisotopic (exact) mass is 339 g/mol. The highest BCUT2D eigenvalue weighted by Gasteiger charge is 2.15. The van der Waals surface area contributed by atoms with E-state index >= 15 is 0 Å². The smallest absolute Gasteiger partial charge is 0.387 e. The SMILES string of the molecule is Cc1oc2ccccc2c1-c1ccc2cc(OC(F)F)cc(C)c2n1. The Hall–Kier alpha value is -2.95. The highest BCUT2D eigenvalue weighted by molar-refractivity contribution is 5.96. The summed E-state index contributed by atoms with van der Waals surface area (Å²) < 4.78 is 35.2. The standard InChI is InChI=1S/C20H15F2NO2/c1-11-9-14(25-20(21)22)10-13-7-8-16(23-19(11)13)18-12(2)24-17-6-4-3-5-15(17)18/h3-10,20H,1-2H3. The van der Waals surface area contributed by atoms with Crippen molar-refractivity contribution in [3.63, 3.8) is 0 Å². The van der Waals surface area contributed by atoms with E-state index in [-0.39, 0.29) is 5.75 Å². The molecule has 0 aliphatic carbocycles. The molecule has 0 saturated heterocycles. The lowest BCUT2D eigenvalue weighted by Crippen LogP contribution is -2.02. The lowest BCUT2D eigenvalue weighted by atomic mass is 10.0. The minimum atomic E-state index is -2.84. The fourth-order valence-electron chi connectivity index (χ4n) is 3.18. The summed E-state index contributed by atoms with van der Waals surface area (Å²) in [5, 5.41) is 1.76. The molecule has 2 aromatic carbocycles. The second-order valence-corrected chi connectivity index (χ2v) is 5.92. The van der Waals surface area contributed by atoms with Crippen molar-refractivity contribution in [3.8, 4) is 17.0 Å². The number of halogens is 2. The topological polar surface area (TPSA) is 35.3 Å². The van der Waals surface area contributed by atoms with Gasteiger partial charge < -0.3 is 9.15 Å². The largest absolute Gasteiger partial charge is 0.461 e.